The van der Waals surface area contributed by atoms with E-state index in [1.54, 1.807) is 0 Å². The fourth-order valence-electron chi connectivity index (χ4n) is 4.22. The van der Waals surface area contributed by atoms with Crippen LogP contribution in [0.15, 0.2) is 0 Å². The summed E-state index contributed by atoms with van der Waals surface area (Å²) in [5.74, 6) is 22.0. The third kappa shape index (κ3) is 7.17. The van der Waals surface area contributed by atoms with Gasteiger partial charge in [0.15, 0.2) is 0 Å². The van der Waals surface area contributed by atoms with Crippen molar-refractivity contribution in [2.45, 2.75) is 104 Å². The first-order valence-electron chi connectivity index (χ1n) is 11.2. The summed E-state index contributed by atoms with van der Waals surface area (Å²) < 4.78 is 0. The Balaban J connectivity index is 0.000000429. The summed E-state index contributed by atoms with van der Waals surface area (Å²) in [7, 11) is 0. The zero-order valence-corrected chi connectivity index (χ0v) is 25.5. The van der Waals surface area contributed by atoms with E-state index in [-0.39, 0.29) is 40.4 Å². The molecule has 3 saturated carbocycles. The van der Waals surface area contributed by atoms with Crippen molar-refractivity contribution in [2.24, 2.45) is 0 Å². The van der Waals surface area contributed by atoms with Crippen LogP contribution in [0.3, 0.4) is 0 Å². The minimum Gasteiger partial charge on any atom is -0.0579 e. The maximum absolute atomic E-state index is 2.20. The first-order chi connectivity index (χ1) is 13.7. The third-order valence-corrected chi connectivity index (χ3v) is 8.44. The molecule has 0 nitrogen and oxygen atoms in total. The molecule has 0 aromatic heterocycles. The van der Waals surface area contributed by atoms with Crippen LogP contribution in [0, 0.1) is 129 Å². The van der Waals surface area contributed by atoms with Crippen molar-refractivity contribution in [1.82, 2.24) is 0 Å². The molecule has 0 N–H and O–H groups in total. The number of hydrogen-bond acceptors (Lipinski definition) is 0. The molecular weight excluding hydrogens is 511 g/mol. The summed E-state index contributed by atoms with van der Waals surface area (Å²) in [6.45, 7) is 33.0. The monoisotopic (exact) mass is 557 g/mol. The predicted octanol–water partition coefficient (Wildman–Crippen LogP) is 8.92. The summed E-state index contributed by atoms with van der Waals surface area (Å²) in [5.41, 5.74) is 0. The van der Waals surface area contributed by atoms with Crippen molar-refractivity contribution in [3.05, 3.63) is 88.8 Å². The summed E-state index contributed by atoms with van der Waals surface area (Å²) in [5, 5.41) is 0. The van der Waals surface area contributed by atoms with E-state index < -0.39 is 0 Å². The maximum Gasteiger partial charge on any atom is 0 e. The van der Waals surface area contributed by atoms with Crippen LogP contribution in [-0.4, -0.2) is 0 Å². The van der Waals surface area contributed by atoms with Crippen LogP contribution in [0.2, 0.25) is 0 Å². The van der Waals surface area contributed by atoms with Crippen LogP contribution in [0.4, 0.5) is 0 Å². The summed E-state index contributed by atoms with van der Waals surface area (Å²) in [4.78, 5) is 0. The van der Waals surface area contributed by atoms with Gasteiger partial charge < -0.3 is 0 Å². The van der Waals surface area contributed by atoms with Gasteiger partial charge in [0, 0.05) is 40.4 Å². The molecule has 0 heterocycles. The molecule has 0 atom stereocenters. The van der Waals surface area contributed by atoms with E-state index >= 15 is 0 Å². The van der Waals surface area contributed by atoms with Crippen molar-refractivity contribution < 1.29 is 40.4 Å². The molecule has 0 aromatic carbocycles. The average molecular weight is 556 g/mol. The molecule has 0 aliphatic heterocycles. The predicted molar refractivity (Wildman–Crippen MR) is 134 cm³/mol. The second-order valence-corrected chi connectivity index (χ2v) is 9.38. The molecule has 0 aromatic rings. The Hall–Kier alpha value is 1.34. The average Bonchev–Trinajstić information content (AvgIpc) is 3.09. The van der Waals surface area contributed by atoms with Gasteiger partial charge in [-0.2, -0.15) is 0 Å². The van der Waals surface area contributed by atoms with Gasteiger partial charge in [0.1, 0.15) is 0 Å². The van der Waals surface area contributed by atoms with Gasteiger partial charge in [-0.15, -0.1) is 0 Å². The SMILES string of the molecule is C[C]1[C](C)[C](C)[C](C)[C]1C.C[C]1[C](C)[C](C)[C](C)[C]1C.C[C]1[C](C)[C](C)[C](C)[C]1C.[Sm]. The minimum atomic E-state index is 0. The number of hydrogen-bond donors (Lipinski definition) is 0. The molecule has 0 unspecified atom stereocenters. The summed E-state index contributed by atoms with van der Waals surface area (Å²) in [6.07, 6.45) is 0. The third-order valence-electron chi connectivity index (χ3n) is 8.44. The summed E-state index contributed by atoms with van der Waals surface area (Å²) >= 11 is 0. The van der Waals surface area contributed by atoms with E-state index in [4.69, 9.17) is 0 Å². The zero-order chi connectivity index (χ0) is 23.7. The Morgan fingerprint density at radius 3 is 0.226 bits per heavy atom. The van der Waals surface area contributed by atoms with Crippen LogP contribution in [0.5, 0.6) is 0 Å². The normalized spacial score (nSPS) is 27.6. The van der Waals surface area contributed by atoms with E-state index in [2.05, 4.69) is 104 Å². The number of rotatable bonds is 0. The topological polar surface area (TPSA) is 0 Å². The largest absolute Gasteiger partial charge is 0.0579 e. The van der Waals surface area contributed by atoms with Gasteiger partial charge in [-0.1, -0.05) is 104 Å². The van der Waals surface area contributed by atoms with Gasteiger partial charge in [-0.25, -0.2) is 0 Å². The van der Waals surface area contributed by atoms with Crippen molar-refractivity contribution in [2.75, 3.05) is 0 Å². The molecule has 0 bridgehead atoms. The molecule has 1 heteroatoms. The Kier molecular flexibility index (Phi) is 14.0. The Labute approximate surface area is 231 Å². The summed E-state index contributed by atoms with van der Waals surface area (Å²) in [6, 6.07) is 0. The van der Waals surface area contributed by atoms with Crippen molar-refractivity contribution in [1.29, 1.82) is 0 Å². The second kappa shape index (κ2) is 13.4. The van der Waals surface area contributed by atoms with Crippen molar-refractivity contribution in [3.8, 4) is 0 Å². The maximum atomic E-state index is 2.20. The Morgan fingerprint density at radius 1 is 0.161 bits per heavy atom. The van der Waals surface area contributed by atoms with Crippen molar-refractivity contribution >= 4 is 0 Å². The molecule has 3 rings (SSSR count). The van der Waals surface area contributed by atoms with E-state index in [0.29, 0.717) is 0 Å². The van der Waals surface area contributed by atoms with Gasteiger partial charge in [0.2, 0.25) is 0 Å². The van der Waals surface area contributed by atoms with Gasteiger partial charge in [-0.3, -0.25) is 0 Å². The molecule has 31 heavy (non-hydrogen) atoms. The van der Waals surface area contributed by atoms with Crippen LogP contribution in [0.1, 0.15) is 104 Å². The van der Waals surface area contributed by atoms with Gasteiger partial charge in [0.25, 0.3) is 0 Å². The molecule has 171 valence electrons. The first kappa shape index (κ1) is 32.3. The van der Waals surface area contributed by atoms with Crippen LogP contribution in [-0.2, 0) is 0 Å². The standard InChI is InChI=1S/3C10H15.Sm/c3*1-6-7(2)9(4)10(5)8(6)3;/h3*1-5H3;. The minimum absolute atomic E-state index is 0. The molecule has 0 spiro atoms. The molecule has 3 fully saturated rings. The molecule has 0 amide bonds. The zero-order valence-electron chi connectivity index (χ0n) is 22.9. The second-order valence-electron chi connectivity index (χ2n) is 9.38. The van der Waals surface area contributed by atoms with Gasteiger partial charge >= 0.3 is 0 Å². The molecule has 3 aliphatic carbocycles. The van der Waals surface area contributed by atoms with E-state index in [0.717, 1.165) is 0 Å². The molecule has 3 aliphatic rings. The molecule has 15 radical (unpaired) electrons. The van der Waals surface area contributed by atoms with E-state index in [1.165, 1.54) is 88.8 Å². The van der Waals surface area contributed by atoms with Crippen molar-refractivity contribution in [3.63, 3.8) is 0 Å². The Bertz CT molecular complexity index is 295. The van der Waals surface area contributed by atoms with E-state index in [9.17, 15) is 0 Å². The van der Waals surface area contributed by atoms with Crippen LogP contribution < -0.4 is 0 Å². The fourth-order valence-corrected chi connectivity index (χ4v) is 4.22. The van der Waals surface area contributed by atoms with Gasteiger partial charge in [-0.05, 0) is 88.8 Å². The molecular formula is C30H45Sm. The van der Waals surface area contributed by atoms with Crippen LogP contribution >= 0.6 is 0 Å². The van der Waals surface area contributed by atoms with Crippen LogP contribution in [0.25, 0.3) is 0 Å². The van der Waals surface area contributed by atoms with Gasteiger partial charge in [0.05, 0.1) is 0 Å². The smallest absolute Gasteiger partial charge is 0 e. The first-order valence-corrected chi connectivity index (χ1v) is 11.2. The molecule has 0 saturated heterocycles. The van der Waals surface area contributed by atoms with E-state index in [1.807, 2.05) is 0 Å². The fraction of sp³-hybridized carbons (Fsp3) is 0.500. The Morgan fingerprint density at radius 2 is 0.194 bits per heavy atom. The quantitative estimate of drug-likeness (QED) is 0.280.